The molecule has 1 aromatic carbocycles. The SMILES string of the molecule is CC(C)(C)OC(=O)NC1C2CN(c3c(F)cc4c(=O)n(NC(=O)O)c(=O)n(C5CC5)c4c3Cl)CC21. The van der Waals surface area contributed by atoms with Crippen molar-refractivity contribution in [2.24, 2.45) is 11.8 Å². The molecule has 5 rings (SSSR count). The Kier molecular flexibility index (Phi) is 5.28. The Bertz CT molecular complexity index is 1370. The van der Waals surface area contributed by atoms with Crippen molar-refractivity contribution in [3.63, 3.8) is 0 Å². The average molecular weight is 510 g/mol. The zero-order valence-corrected chi connectivity index (χ0v) is 20.1. The first-order valence-electron chi connectivity index (χ1n) is 11.3. The number of piperidine rings is 1. The number of nitrogens with one attached hydrogen (secondary N) is 2. The number of anilines is 1. The Morgan fingerprint density at radius 3 is 2.37 bits per heavy atom. The van der Waals surface area contributed by atoms with Gasteiger partial charge < -0.3 is 20.1 Å². The molecule has 3 fully saturated rings. The van der Waals surface area contributed by atoms with Gasteiger partial charge in [0.1, 0.15) is 11.4 Å². The van der Waals surface area contributed by atoms with Crippen molar-refractivity contribution >= 4 is 40.4 Å². The van der Waals surface area contributed by atoms with Crippen LogP contribution in [0.25, 0.3) is 10.9 Å². The first-order valence-corrected chi connectivity index (χ1v) is 11.7. The molecule has 1 saturated heterocycles. The molecule has 2 aliphatic carbocycles. The van der Waals surface area contributed by atoms with Crippen molar-refractivity contribution in [2.45, 2.75) is 51.3 Å². The zero-order chi connectivity index (χ0) is 25.4. The van der Waals surface area contributed by atoms with Gasteiger partial charge in [0, 0.05) is 37.0 Å². The molecule has 0 bridgehead atoms. The second kappa shape index (κ2) is 7.87. The molecule has 0 radical (unpaired) electrons. The number of carbonyl (C=O) groups is 2. The van der Waals surface area contributed by atoms with E-state index in [1.54, 1.807) is 31.1 Å². The van der Waals surface area contributed by atoms with E-state index in [4.69, 9.17) is 21.4 Å². The third kappa shape index (κ3) is 4.09. The van der Waals surface area contributed by atoms with Crippen LogP contribution in [0.15, 0.2) is 15.7 Å². The van der Waals surface area contributed by atoms with Gasteiger partial charge in [-0.1, -0.05) is 11.6 Å². The van der Waals surface area contributed by atoms with Crippen molar-refractivity contribution in [3.8, 4) is 0 Å². The molecule has 35 heavy (non-hydrogen) atoms. The van der Waals surface area contributed by atoms with E-state index < -0.39 is 34.9 Å². The molecule has 1 aliphatic heterocycles. The smallest absolute Gasteiger partial charge is 0.424 e. The quantitative estimate of drug-likeness (QED) is 0.576. The summed E-state index contributed by atoms with van der Waals surface area (Å²) in [6.45, 7) is 6.19. The van der Waals surface area contributed by atoms with Gasteiger partial charge in [-0.2, -0.15) is 4.68 Å². The summed E-state index contributed by atoms with van der Waals surface area (Å²) in [5.74, 6) is -0.570. The number of carboxylic acid groups (broad SMARTS) is 1. The maximum Gasteiger partial charge on any atom is 0.424 e. The lowest BCUT2D eigenvalue weighted by atomic mass is 10.1. The number of hydrogen-bond donors (Lipinski definition) is 3. The normalized spacial score (nSPS) is 23.2. The van der Waals surface area contributed by atoms with Crippen LogP contribution in [-0.2, 0) is 4.74 Å². The van der Waals surface area contributed by atoms with Crippen molar-refractivity contribution in [2.75, 3.05) is 23.4 Å². The van der Waals surface area contributed by atoms with Gasteiger partial charge in [-0.15, -0.1) is 0 Å². The highest BCUT2D eigenvalue weighted by atomic mass is 35.5. The van der Waals surface area contributed by atoms with Crippen LogP contribution in [0.3, 0.4) is 0 Å². The minimum absolute atomic E-state index is 0.0680. The Morgan fingerprint density at radius 2 is 1.83 bits per heavy atom. The number of nitrogens with zero attached hydrogens (tertiary/aromatic N) is 3. The van der Waals surface area contributed by atoms with Crippen LogP contribution in [0.5, 0.6) is 0 Å². The van der Waals surface area contributed by atoms with E-state index in [0.29, 0.717) is 30.6 Å². The van der Waals surface area contributed by atoms with E-state index in [9.17, 15) is 19.2 Å². The summed E-state index contributed by atoms with van der Waals surface area (Å²) in [6.07, 6.45) is -0.803. The van der Waals surface area contributed by atoms with E-state index >= 15 is 4.39 Å². The van der Waals surface area contributed by atoms with Crippen LogP contribution in [0.1, 0.15) is 39.7 Å². The van der Waals surface area contributed by atoms with Crippen molar-refractivity contribution < 1.29 is 23.8 Å². The summed E-state index contributed by atoms with van der Waals surface area (Å²) in [4.78, 5) is 50.8. The largest absolute Gasteiger partial charge is 0.464 e. The predicted octanol–water partition coefficient (Wildman–Crippen LogP) is 2.47. The van der Waals surface area contributed by atoms with E-state index in [2.05, 4.69) is 5.32 Å². The lowest BCUT2D eigenvalue weighted by molar-refractivity contribution is 0.0518. The molecule has 3 aliphatic rings. The first kappa shape index (κ1) is 23.5. The van der Waals surface area contributed by atoms with Gasteiger partial charge in [0.2, 0.25) is 0 Å². The van der Waals surface area contributed by atoms with Crippen molar-refractivity contribution in [3.05, 3.63) is 37.7 Å². The number of fused-ring (bicyclic) bond motifs is 2. The van der Waals surface area contributed by atoms with Crippen LogP contribution in [0.2, 0.25) is 5.02 Å². The highest BCUT2D eigenvalue weighted by Crippen LogP contribution is 2.49. The molecule has 2 amide bonds. The molecule has 2 heterocycles. The lowest BCUT2D eigenvalue weighted by Gasteiger charge is -2.26. The lowest BCUT2D eigenvalue weighted by Crippen LogP contribution is -2.46. The maximum atomic E-state index is 15.3. The fourth-order valence-electron chi connectivity index (χ4n) is 4.93. The minimum Gasteiger partial charge on any atom is -0.464 e. The second-order valence-corrected chi connectivity index (χ2v) is 10.6. The number of carbonyl (C=O) groups excluding carboxylic acids is 1. The second-order valence-electron chi connectivity index (χ2n) is 10.3. The van der Waals surface area contributed by atoms with Crippen LogP contribution in [-0.4, -0.2) is 51.3 Å². The first-order chi connectivity index (χ1) is 16.4. The molecule has 11 nitrogen and oxygen atoms in total. The molecule has 3 N–H and O–H groups in total. The topological polar surface area (TPSA) is 135 Å². The number of rotatable bonds is 4. The van der Waals surface area contributed by atoms with Gasteiger partial charge in [-0.3, -0.25) is 9.36 Å². The zero-order valence-electron chi connectivity index (χ0n) is 19.3. The van der Waals surface area contributed by atoms with Gasteiger partial charge in [-0.05, 0) is 39.7 Å². The van der Waals surface area contributed by atoms with E-state index in [0.717, 1.165) is 6.07 Å². The highest BCUT2D eigenvalue weighted by molar-refractivity contribution is 6.38. The number of aromatic nitrogens is 2. The van der Waals surface area contributed by atoms with Gasteiger partial charge in [0.15, 0.2) is 0 Å². The van der Waals surface area contributed by atoms with Gasteiger partial charge in [0.05, 0.1) is 21.6 Å². The summed E-state index contributed by atoms with van der Waals surface area (Å²) in [6, 6.07) is 0.650. The van der Waals surface area contributed by atoms with Gasteiger partial charge >= 0.3 is 17.9 Å². The van der Waals surface area contributed by atoms with Gasteiger partial charge in [-0.25, -0.2) is 24.2 Å². The van der Waals surface area contributed by atoms with Crippen molar-refractivity contribution in [1.82, 2.24) is 14.6 Å². The van der Waals surface area contributed by atoms with E-state index in [1.807, 2.05) is 0 Å². The molecule has 1 aromatic heterocycles. The predicted molar refractivity (Wildman–Crippen MR) is 125 cm³/mol. The van der Waals surface area contributed by atoms with Gasteiger partial charge in [0.25, 0.3) is 5.56 Å². The van der Waals surface area contributed by atoms with Crippen LogP contribution < -0.4 is 26.9 Å². The molecule has 0 spiro atoms. The standard InChI is InChI=1S/C22H25ClFN5O6/c1-22(2,3)35-20(33)25-15-11-7-27(8-12(11)15)17-13(24)6-10-16(14(17)23)28(9-4-5-9)21(34)29(18(10)30)26-19(31)32/h6,9,11-12,15,26H,4-5,7-8H2,1-3H3,(H,25,33)(H,31,32). The summed E-state index contributed by atoms with van der Waals surface area (Å²) in [7, 11) is 0. The number of amides is 2. The summed E-state index contributed by atoms with van der Waals surface area (Å²) in [5.41, 5.74) is -0.536. The molecule has 188 valence electrons. The Morgan fingerprint density at radius 1 is 1.20 bits per heavy atom. The third-order valence-corrected chi connectivity index (χ3v) is 6.91. The molecule has 2 unspecified atom stereocenters. The average Bonchev–Trinajstić information content (AvgIpc) is 3.62. The molecule has 13 heteroatoms. The van der Waals surface area contributed by atoms with E-state index in [-0.39, 0.29) is 45.5 Å². The number of hydrogen-bond acceptors (Lipinski definition) is 6. The number of halogens is 2. The van der Waals surface area contributed by atoms with Crippen molar-refractivity contribution in [1.29, 1.82) is 0 Å². The maximum absolute atomic E-state index is 15.3. The molecule has 2 aromatic rings. The van der Waals surface area contributed by atoms with Crippen LogP contribution in [0.4, 0.5) is 19.7 Å². The Hall–Kier alpha value is -3.28. The number of benzene rings is 1. The van der Waals surface area contributed by atoms with Crippen LogP contribution in [0, 0.1) is 17.7 Å². The molecular formula is C22H25ClFN5O6. The fraction of sp³-hybridized carbons (Fsp3) is 0.545. The number of alkyl carbamates (subject to hydrolysis) is 1. The molecule has 2 atom stereocenters. The van der Waals surface area contributed by atoms with Crippen LogP contribution >= 0.6 is 11.6 Å². The molecular weight excluding hydrogens is 485 g/mol. The molecule has 2 saturated carbocycles. The third-order valence-electron chi connectivity index (χ3n) is 6.55. The Balaban J connectivity index is 1.47. The summed E-state index contributed by atoms with van der Waals surface area (Å²) >= 11 is 6.65. The summed E-state index contributed by atoms with van der Waals surface area (Å²) in [5, 5.41) is 11.6. The summed E-state index contributed by atoms with van der Waals surface area (Å²) < 4.78 is 22.2. The minimum atomic E-state index is -1.60. The highest BCUT2D eigenvalue weighted by Gasteiger charge is 2.57. The van der Waals surface area contributed by atoms with E-state index in [1.165, 1.54) is 4.57 Å². The fourth-order valence-corrected chi connectivity index (χ4v) is 5.33. The monoisotopic (exact) mass is 509 g/mol. The number of ether oxygens (including phenoxy) is 1. The Labute approximate surface area is 203 Å².